The number of benzene rings is 1. The highest BCUT2D eigenvalue weighted by Gasteiger charge is 2.33. The molecule has 11 nitrogen and oxygen atoms in total. The van der Waals surface area contributed by atoms with E-state index in [2.05, 4.69) is 10.1 Å². The van der Waals surface area contributed by atoms with Crippen molar-refractivity contribution in [3.05, 3.63) is 37.9 Å². The van der Waals surface area contributed by atoms with Crippen molar-refractivity contribution in [2.24, 2.45) is 0 Å². The van der Waals surface area contributed by atoms with Gasteiger partial charge in [-0.05, 0) is 6.07 Å². The van der Waals surface area contributed by atoms with Gasteiger partial charge in [-0.2, -0.15) is 0 Å². The zero-order chi connectivity index (χ0) is 17.9. The molecule has 11 heteroatoms. The van der Waals surface area contributed by atoms with Gasteiger partial charge in [0.2, 0.25) is 0 Å². The topological polar surface area (TPSA) is 145 Å². The molecule has 0 unspecified atom stereocenters. The summed E-state index contributed by atoms with van der Waals surface area (Å²) < 4.78 is 4.42. The summed E-state index contributed by atoms with van der Waals surface area (Å²) in [4.78, 5) is 45.5. The van der Waals surface area contributed by atoms with E-state index in [9.17, 15) is 29.8 Å². The Morgan fingerprint density at radius 1 is 1.21 bits per heavy atom. The molecule has 0 aromatic heterocycles. The molecule has 128 valence electrons. The van der Waals surface area contributed by atoms with Gasteiger partial charge >= 0.3 is 5.97 Å². The van der Waals surface area contributed by atoms with Gasteiger partial charge in [0.25, 0.3) is 17.3 Å². The molecule has 1 heterocycles. The molecule has 1 aliphatic heterocycles. The summed E-state index contributed by atoms with van der Waals surface area (Å²) in [5.41, 5.74) is -1.23. The monoisotopic (exact) mass is 338 g/mol. The van der Waals surface area contributed by atoms with Crippen LogP contribution in [0.5, 0.6) is 0 Å². The van der Waals surface area contributed by atoms with Crippen LogP contribution >= 0.6 is 0 Å². The minimum Gasteiger partial charge on any atom is -0.469 e. The van der Waals surface area contributed by atoms with E-state index >= 15 is 0 Å². The van der Waals surface area contributed by atoms with E-state index in [0.29, 0.717) is 13.1 Å². The van der Waals surface area contributed by atoms with Crippen LogP contribution in [0.4, 0.5) is 17.1 Å². The number of esters is 1. The summed E-state index contributed by atoms with van der Waals surface area (Å²) >= 11 is 0. The number of ether oxygens (including phenoxy) is 1. The van der Waals surface area contributed by atoms with E-state index in [1.807, 2.05) is 0 Å². The maximum absolute atomic E-state index is 12.2. The van der Waals surface area contributed by atoms with Gasteiger partial charge in [-0.25, -0.2) is 0 Å². The molecule has 0 bridgehead atoms. The Bertz CT molecular complexity index is 715. The predicted molar refractivity (Wildman–Crippen MR) is 80.9 cm³/mol. The van der Waals surface area contributed by atoms with Crippen molar-refractivity contribution in [2.45, 2.75) is 6.42 Å². The molecule has 1 fully saturated rings. The zero-order valence-electron chi connectivity index (χ0n) is 12.7. The van der Waals surface area contributed by atoms with E-state index in [1.54, 1.807) is 4.90 Å². The van der Waals surface area contributed by atoms with Gasteiger partial charge in [-0.15, -0.1) is 0 Å². The van der Waals surface area contributed by atoms with Crippen LogP contribution in [0.3, 0.4) is 0 Å². The van der Waals surface area contributed by atoms with Gasteiger partial charge in [0.1, 0.15) is 11.3 Å². The smallest absolute Gasteiger partial charge is 0.307 e. The molecule has 0 atom stereocenters. The Hall–Kier alpha value is -3.24. The highest BCUT2D eigenvalue weighted by Crippen LogP contribution is 2.37. The summed E-state index contributed by atoms with van der Waals surface area (Å²) in [6.07, 6.45) is -0.0952. The van der Waals surface area contributed by atoms with E-state index < -0.39 is 33.1 Å². The third kappa shape index (κ3) is 3.74. The third-order valence-electron chi connectivity index (χ3n) is 3.36. The number of nitrogens with one attached hydrogen (secondary N) is 1. The molecular weight excluding hydrogens is 324 g/mol. The summed E-state index contributed by atoms with van der Waals surface area (Å²) in [6.45, 7) is 1.07. The van der Waals surface area contributed by atoms with Crippen LogP contribution in [-0.2, 0) is 9.53 Å². The summed E-state index contributed by atoms with van der Waals surface area (Å²) in [6, 6.07) is 1.92. The first-order valence-corrected chi connectivity index (χ1v) is 6.92. The lowest BCUT2D eigenvalue weighted by Crippen LogP contribution is -2.27. The molecule has 1 aromatic rings. The van der Waals surface area contributed by atoms with Crippen LogP contribution in [0.15, 0.2) is 12.1 Å². The number of methoxy groups -OCH3 is 1. The summed E-state index contributed by atoms with van der Waals surface area (Å²) in [7, 11) is 1.20. The Balaban J connectivity index is 2.31. The van der Waals surface area contributed by atoms with Gasteiger partial charge in [0.15, 0.2) is 0 Å². The Morgan fingerprint density at radius 2 is 1.83 bits per heavy atom. The van der Waals surface area contributed by atoms with Crippen LogP contribution in [0.25, 0.3) is 0 Å². The lowest BCUT2D eigenvalue weighted by molar-refractivity contribution is -0.393. The van der Waals surface area contributed by atoms with Crippen molar-refractivity contribution in [3.8, 4) is 0 Å². The van der Waals surface area contributed by atoms with Crippen LogP contribution in [0, 0.1) is 20.2 Å². The first-order valence-electron chi connectivity index (χ1n) is 6.92. The number of nitro benzene ring substituents is 2. The second-order valence-electron chi connectivity index (χ2n) is 4.94. The fourth-order valence-electron chi connectivity index (χ4n) is 2.06. The molecule has 1 N–H and O–H groups in total. The fraction of sp³-hybridized carbons (Fsp3) is 0.385. The normalized spacial score (nSPS) is 12.5. The number of nitro groups is 2. The lowest BCUT2D eigenvalue weighted by Gasteiger charge is -2.09. The zero-order valence-corrected chi connectivity index (χ0v) is 12.7. The van der Waals surface area contributed by atoms with Crippen LogP contribution in [0.1, 0.15) is 16.8 Å². The predicted octanol–water partition coefficient (Wildman–Crippen LogP) is 0.616. The first kappa shape index (κ1) is 17.1. The summed E-state index contributed by atoms with van der Waals surface area (Å²) in [5, 5.41) is 24.6. The van der Waals surface area contributed by atoms with Crippen molar-refractivity contribution in [2.75, 3.05) is 31.6 Å². The molecule has 1 aliphatic rings. The lowest BCUT2D eigenvalue weighted by atomic mass is 10.1. The standard InChI is InChI=1S/C13H14N4O7/c1-24-12(18)2-3-14-13(19)8-6-10(15-4-5-15)11(17(22)23)7-9(8)16(20)21/h6-7H,2-5H2,1H3,(H,14,19). The second kappa shape index (κ2) is 6.89. The number of rotatable bonds is 7. The average molecular weight is 338 g/mol. The molecular formula is C13H14N4O7. The molecule has 0 aliphatic carbocycles. The average Bonchev–Trinajstić information content (AvgIpc) is 3.37. The van der Waals surface area contributed by atoms with Crippen LogP contribution < -0.4 is 10.2 Å². The van der Waals surface area contributed by atoms with Gasteiger partial charge < -0.3 is 15.0 Å². The maximum atomic E-state index is 12.2. The molecule has 1 saturated heterocycles. The van der Waals surface area contributed by atoms with Crippen molar-refractivity contribution in [3.63, 3.8) is 0 Å². The molecule has 0 saturated carbocycles. The molecule has 24 heavy (non-hydrogen) atoms. The SMILES string of the molecule is COC(=O)CCNC(=O)c1cc(N2CC2)c([N+](=O)[O-])cc1[N+](=O)[O-]. The number of anilines is 1. The molecule has 1 aromatic carbocycles. The van der Waals surface area contributed by atoms with E-state index in [1.165, 1.54) is 7.11 Å². The van der Waals surface area contributed by atoms with Gasteiger partial charge in [0.05, 0.1) is 29.4 Å². The van der Waals surface area contributed by atoms with E-state index in [-0.39, 0.29) is 24.2 Å². The number of amides is 1. The van der Waals surface area contributed by atoms with Gasteiger partial charge in [-0.3, -0.25) is 29.8 Å². The number of nitrogens with zero attached hydrogens (tertiary/aromatic N) is 3. The van der Waals surface area contributed by atoms with Crippen LogP contribution in [0.2, 0.25) is 0 Å². The fourth-order valence-corrected chi connectivity index (χ4v) is 2.06. The van der Waals surface area contributed by atoms with Gasteiger partial charge in [0, 0.05) is 19.6 Å². The number of carbonyl (C=O) groups excluding carboxylic acids is 2. The minimum atomic E-state index is -0.853. The van der Waals surface area contributed by atoms with Crippen molar-refractivity contribution in [1.82, 2.24) is 5.32 Å². The van der Waals surface area contributed by atoms with E-state index in [0.717, 1.165) is 12.1 Å². The minimum absolute atomic E-state index is 0.0707. The van der Waals surface area contributed by atoms with Gasteiger partial charge in [-0.1, -0.05) is 0 Å². The summed E-state index contributed by atoms with van der Waals surface area (Å²) in [5.74, 6) is -1.33. The maximum Gasteiger partial charge on any atom is 0.307 e. The number of hydrogen-bond donors (Lipinski definition) is 1. The van der Waals surface area contributed by atoms with Crippen molar-refractivity contribution < 1.29 is 24.2 Å². The molecule has 2 rings (SSSR count). The number of carbonyl (C=O) groups is 2. The van der Waals surface area contributed by atoms with Crippen molar-refractivity contribution >= 4 is 28.9 Å². The van der Waals surface area contributed by atoms with Crippen molar-refractivity contribution in [1.29, 1.82) is 0 Å². The molecule has 0 radical (unpaired) electrons. The third-order valence-corrected chi connectivity index (χ3v) is 3.36. The Labute approximate surface area is 135 Å². The van der Waals surface area contributed by atoms with Crippen LogP contribution in [-0.4, -0.2) is 48.5 Å². The molecule has 1 amide bonds. The highest BCUT2D eigenvalue weighted by atomic mass is 16.6. The Kier molecular flexibility index (Phi) is 4.92. The highest BCUT2D eigenvalue weighted by molar-refractivity contribution is 6.00. The second-order valence-corrected chi connectivity index (χ2v) is 4.94. The quantitative estimate of drug-likeness (QED) is 0.329. The Morgan fingerprint density at radius 3 is 2.33 bits per heavy atom. The largest absolute Gasteiger partial charge is 0.469 e. The molecule has 0 spiro atoms. The van der Waals surface area contributed by atoms with E-state index in [4.69, 9.17) is 0 Å². The first-order chi connectivity index (χ1) is 11.3. The number of hydrogen-bond acceptors (Lipinski definition) is 8.